The summed E-state index contributed by atoms with van der Waals surface area (Å²) in [6.45, 7) is 0.181. The second kappa shape index (κ2) is 8.89. The molecule has 0 saturated carbocycles. The number of hydrogen-bond acceptors (Lipinski definition) is 8. The standard InChI is InChI=1S/C26H25N5O5/c1-30-21(19-9-3-6-12-28-19)18-15-31(14-17-8-2-5-11-27-17)16-25(22(18)32,23(33)34)26(30,24(35)36)20-10-4-7-13-29-20/h2-13,18,21H,14-16H2,1H3,(H,33,34)(H,35,36). The Bertz CT molecular complexity index is 1290. The highest BCUT2D eigenvalue weighted by Crippen LogP contribution is 2.58. The molecule has 0 radical (unpaired) electrons. The first-order valence-electron chi connectivity index (χ1n) is 11.5. The number of aliphatic carboxylic acids is 2. The topological polar surface area (TPSA) is 137 Å². The molecule has 2 bridgehead atoms. The maximum absolute atomic E-state index is 14.2. The number of carbonyl (C=O) groups is 3. The maximum atomic E-state index is 14.2. The van der Waals surface area contributed by atoms with E-state index in [0.29, 0.717) is 11.4 Å². The Kier molecular flexibility index (Phi) is 5.85. The van der Waals surface area contributed by atoms with Gasteiger partial charge in [-0.2, -0.15) is 0 Å². The van der Waals surface area contributed by atoms with Crippen molar-refractivity contribution in [3.63, 3.8) is 0 Å². The molecule has 0 aromatic carbocycles. The number of likely N-dealkylation sites (N-methyl/N-ethyl adjacent to an activating group) is 1. The smallest absolute Gasteiger partial charge is 0.332 e. The van der Waals surface area contributed by atoms with Gasteiger partial charge in [0.2, 0.25) is 0 Å². The molecule has 0 amide bonds. The molecule has 0 aliphatic carbocycles. The lowest BCUT2D eigenvalue weighted by Crippen LogP contribution is -2.78. The predicted octanol–water partition coefficient (Wildman–Crippen LogP) is 1.61. The Morgan fingerprint density at radius 1 is 0.944 bits per heavy atom. The van der Waals surface area contributed by atoms with Crippen LogP contribution < -0.4 is 0 Å². The summed E-state index contributed by atoms with van der Waals surface area (Å²) in [5.74, 6) is -4.43. The van der Waals surface area contributed by atoms with Crippen LogP contribution in [0.25, 0.3) is 0 Å². The summed E-state index contributed by atoms with van der Waals surface area (Å²) in [6.07, 6.45) is 4.62. The first-order chi connectivity index (χ1) is 17.3. The third-order valence-corrected chi connectivity index (χ3v) is 7.43. The minimum Gasteiger partial charge on any atom is -0.480 e. The van der Waals surface area contributed by atoms with Gasteiger partial charge in [0.25, 0.3) is 0 Å². The molecule has 10 heteroatoms. The molecule has 2 N–H and O–H groups in total. The normalized spacial score (nSPS) is 28.5. The monoisotopic (exact) mass is 487 g/mol. The van der Waals surface area contributed by atoms with Crippen LogP contribution >= 0.6 is 0 Å². The molecular formula is C26H25N5O5. The van der Waals surface area contributed by atoms with Crippen LogP contribution in [-0.2, 0) is 26.5 Å². The van der Waals surface area contributed by atoms with E-state index in [4.69, 9.17) is 0 Å². The van der Waals surface area contributed by atoms with Crippen LogP contribution in [-0.4, -0.2) is 72.8 Å². The van der Waals surface area contributed by atoms with Crippen LogP contribution in [0.15, 0.2) is 73.2 Å². The zero-order valence-corrected chi connectivity index (χ0v) is 19.6. The average molecular weight is 488 g/mol. The number of Topliss-reactive ketones (excluding diaryl/α,β-unsaturated/α-hetero) is 1. The van der Waals surface area contributed by atoms with Crippen molar-refractivity contribution >= 4 is 17.7 Å². The zero-order chi connectivity index (χ0) is 25.5. The summed E-state index contributed by atoms with van der Waals surface area (Å²) < 4.78 is 0. The molecule has 3 aromatic rings. The molecule has 4 unspecified atom stereocenters. The van der Waals surface area contributed by atoms with E-state index >= 15 is 0 Å². The third kappa shape index (κ3) is 3.25. The molecule has 5 rings (SSSR count). The number of aromatic nitrogens is 3. The van der Waals surface area contributed by atoms with Gasteiger partial charge in [-0.05, 0) is 43.4 Å². The largest absolute Gasteiger partial charge is 0.480 e. The third-order valence-electron chi connectivity index (χ3n) is 7.43. The van der Waals surface area contributed by atoms with Crippen LogP contribution in [0, 0.1) is 11.3 Å². The van der Waals surface area contributed by atoms with Crippen molar-refractivity contribution in [3.8, 4) is 0 Å². The Morgan fingerprint density at radius 3 is 2.17 bits per heavy atom. The molecule has 2 fully saturated rings. The molecule has 184 valence electrons. The van der Waals surface area contributed by atoms with Crippen LogP contribution in [0.2, 0.25) is 0 Å². The number of rotatable bonds is 6. The number of ketones is 1. The summed E-state index contributed by atoms with van der Waals surface area (Å²) in [6, 6.07) is 14.5. The summed E-state index contributed by atoms with van der Waals surface area (Å²) in [5, 5.41) is 21.6. The van der Waals surface area contributed by atoms with E-state index in [9.17, 15) is 24.6 Å². The number of hydrogen-bond donors (Lipinski definition) is 2. The van der Waals surface area contributed by atoms with Gasteiger partial charge < -0.3 is 10.2 Å². The van der Waals surface area contributed by atoms with Gasteiger partial charge in [-0.25, -0.2) is 4.79 Å². The highest BCUT2D eigenvalue weighted by Gasteiger charge is 2.77. The Labute approximate surface area is 207 Å². The van der Waals surface area contributed by atoms with Crippen molar-refractivity contribution < 1.29 is 24.6 Å². The fraction of sp³-hybridized carbons (Fsp3) is 0.308. The van der Waals surface area contributed by atoms with Gasteiger partial charge in [0.1, 0.15) is 0 Å². The predicted molar refractivity (Wildman–Crippen MR) is 126 cm³/mol. The highest BCUT2D eigenvalue weighted by molar-refractivity contribution is 6.12. The molecular weight excluding hydrogens is 462 g/mol. The minimum absolute atomic E-state index is 0.0187. The van der Waals surface area contributed by atoms with Crippen molar-refractivity contribution in [2.45, 2.75) is 18.1 Å². The molecule has 36 heavy (non-hydrogen) atoms. The van der Waals surface area contributed by atoms with Gasteiger partial charge >= 0.3 is 11.9 Å². The SMILES string of the molecule is CN1C(c2ccccn2)C2CN(Cc3ccccn3)CC(C(=O)O)(C2=O)C1(C(=O)O)c1ccccn1. The minimum atomic E-state index is -2.33. The molecule has 3 aromatic heterocycles. The molecule has 0 spiro atoms. The lowest BCUT2D eigenvalue weighted by atomic mass is 9.54. The molecule has 2 saturated heterocycles. The number of likely N-dealkylation sites (tertiary alicyclic amines) is 2. The molecule has 2 aliphatic rings. The number of nitrogens with zero attached hydrogens (tertiary/aromatic N) is 5. The first-order valence-corrected chi connectivity index (χ1v) is 11.5. The summed E-state index contributed by atoms with van der Waals surface area (Å²) in [4.78, 5) is 57.1. The van der Waals surface area contributed by atoms with Crippen LogP contribution in [0.5, 0.6) is 0 Å². The van der Waals surface area contributed by atoms with Crippen molar-refractivity contribution in [2.24, 2.45) is 11.3 Å². The van der Waals surface area contributed by atoms with Crippen molar-refractivity contribution in [3.05, 3.63) is 90.3 Å². The number of pyridine rings is 3. The van der Waals surface area contributed by atoms with Crippen LogP contribution in [0.4, 0.5) is 0 Å². The Morgan fingerprint density at radius 2 is 1.61 bits per heavy atom. The lowest BCUT2D eigenvalue weighted by Gasteiger charge is -2.60. The quantitative estimate of drug-likeness (QED) is 0.493. The Hall–Kier alpha value is -4.02. The van der Waals surface area contributed by atoms with Gasteiger partial charge in [-0.1, -0.05) is 18.2 Å². The number of carboxylic acid groups (broad SMARTS) is 2. The van der Waals surface area contributed by atoms with E-state index in [1.165, 1.54) is 17.2 Å². The van der Waals surface area contributed by atoms with Gasteiger partial charge in [0.15, 0.2) is 16.7 Å². The Balaban J connectivity index is 1.78. The number of fused-ring (bicyclic) bond motifs is 2. The highest BCUT2D eigenvalue weighted by atomic mass is 16.4. The number of carbonyl (C=O) groups excluding carboxylic acids is 1. The van der Waals surface area contributed by atoms with Gasteiger partial charge in [-0.15, -0.1) is 0 Å². The fourth-order valence-electron chi connectivity index (χ4n) is 6.01. The van der Waals surface area contributed by atoms with E-state index in [0.717, 1.165) is 0 Å². The van der Waals surface area contributed by atoms with E-state index < -0.39 is 40.6 Å². The molecule has 5 heterocycles. The van der Waals surface area contributed by atoms with Gasteiger partial charge in [0.05, 0.1) is 29.0 Å². The average Bonchev–Trinajstić information content (AvgIpc) is 2.87. The summed E-state index contributed by atoms with van der Waals surface area (Å²) >= 11 is 0. The summed E-state index contributed by atoms with van der Waals surface area (Å²) in [5.41, 5.74) is -3.47. The van der Waals surface area contributed by atoms with Crippen molar-refractivity contribution in [1.82, 2.24) is 24.8 Å². The molecule has 10 nitrogen and oxygen atoms in total. The van der Waals surface area contributed by atoms with Crippen LogP contribution in [0.3, 0.4) is 0 Å². The second-order valence-corrected chi connectivity index (χ2v) is 9.21. The van der Waals surface area contributed by atoms with E-state index in [1.54, 1.807) is 55.8 Å². The maximum Gasteiger partial charge on any atom is 0.332 e. The first kappa shape index (κ1) is 23.7. The van der Waals surface area contributed by atoms with E-state index in [1.807, 2.05) is 17.0 Å². The fourth-order valence-corrected chi connectivity index (χ4v) is 6.01. The summed E-state index contributed by atoms with van der Waals surface area (Å²) in [7, 11) is 1.55. The van der Waals surface area contributed by atoms with Crippen LogP contribution in [0.1, 0.15) is 23.1 Å². The molecule has 4 atom stereocenters. The second-order valence-electron chi connectivity index (χ2n) is 9.21. The van der Waals surface area contributed by atoms with Crippen molar-refractivity contribution in [1.29, 1.82) is 0 Å². The zero-order valence-electron chi connectivity index (χ0n) is 19.6. The number of piperidine rings is 2. The lowest BCUT2D eigenvalue weighted by molar-refractivity contribution is -0.209. The van der Waals surface area contributed by atoms with Gasteiger partial charge in [0, 0.05) is 38.2 Å². The van der Waals surface area contributed by atoms with Crippen molar-refractivity contribution in [2.75, 3.05) is 20.1 Å². The van der Waals surface area contributed by atoms with E-state index in [2.05, 4.69) is 15.0 Å². The number of carboxylic acids is 2. The molecule has 2 aliphatic heterocycles. The van der Waals surface area contributed by atoms with Gasteiger partial charge in [-0.3, -0.25) is 34.3 Å². The van der Waals surface area contributed by atoms with E-state index in [-0.39, 0.29) is 25.3 Å².